The molecule has 0 aromatic carbocycles. The zero-order valence-corrected chi connectivity index (χ0v) is 6.40. The van der Waals surface area contributed by atoms with Crippen LogP contribution in [0.4, 0.5) is 0 Å². The van der Waals surface area contributed by atoms with Gasteiger partial charge in [0.05, 0.1) is 0 Å². The van der Waals surface area contributed by atoms with Crippen LogP contribution in [-0.2, 0) is 14.4 Å². The van der Waals surface area contributed by atoms with Gasteiger partial charge in [0.2, 0.25) is 5.91 Å². The second-order valence-electron chi connectivity index (χ2n) is 2.20. The summed E-state index contributed by atoms with van der Waals surface area (Å²) in [6.45, 7) is 1.25. The van der Waals surface area contributed by atoms with Crippen LogP contribution in [0.15, 0.2) is 0 Å². The van der Waals surface area contributed by atoms with Gasteiger partial charge in [-0.3, -0.25) is 14.4 Å². The Kier molecular flexibility index (Phi) is 3.75. The van der Waals surface area contributed by atoms with Crippen molar-refractivity contribution in [3.05, 3.63) is 0 Å². The lowest BCUT2D eigenvalue weighted by atomic mass is 10.3. The van der Waals surface area contributed by atoms with Crippen LogP contribution >= 0.6 is 0 Å². The molecule has 0 saturated heterocycles. The van der Waals surface area contributed by atoms with Gasteiger partial charge in [-0.1, -0.05) is 0 Å². The molecule has 68 valence electrons. The van der Waals surface area contributed by atoms with Crippen molar-refractivity contribution < 1.29 is 24.6 Å². The maximum absolute atomic E-state index is 10.6. The average Bonchev–Trinajstić information content (AvgIpc) is 1.84. The summed E-state index contributed by atoms with van der Waals surface area (Å²) in [6, 6.07) is -1.06. The van der Waals surface area contributed by atoms with Crippen LogP contribution in [0.3, 0.4) is 0 Å². The Morgan fingerprint density at radius 1 is 1.33 bits per heavy atom. The maximum atomic E-state index is 10.6. The Hall–Kier alpha value is -1.59. The Morgan fingerprint density at radius 3 is 2.17 bits per heavy atom. The lowest BCUT2D eigenvalue weighted by Gasteiger charge is -2.06. The smallest absolute Gasteiger partial charge is 0.325 e. The Balaban J connectivity index is 3.85. The molecule has 0 aromatic heterocycles. The van der Waals surface area contributed by atoms with E-state index in [-0.39, 0.29) is 0 Å². The summed E-state index contributed by atoms with van der Waals surface area (Å²) < 4.78 is 0. The predicted molar refractivity (Wildman–Crippen MR) is 37.5 cm³/mol. The van der Waals surface area contributed by atoms with E-state index in [0.29, 0.717) is 0 Å². The lowest BCUT2D eigenvalue weighted by molar-refractivity contribution is -0.144. The molecular weight excluding hydrogens is 166 g/mol. The summed E-state index contributed by atoms with van der Waals surface area (Å²) in [4.78, 5) is 30.7. The SMILES string of the molecule is C[C@@H](NC(=O)CC(=O)O)C(=O)O. The van der Waals surface area contributed by atoms with E-state index < -0.39 is 30.3 Å². The van der Waals surface area contributed by atoms with Crippen molar-refractivity contribution in [1.29, 1.82) is 0 Å². The molecule has 0 aliphatic carbocycles. The molecule has 6 nitrogen and oxygen atoms in total. The number of carbonyl (C=O) groups excluding carboxylic acids is 1. The van der Waals surface area contributed by atoms with Crippen molar-refractivity contribution >= 4 is 17.8 Å². The van der Waals surface area contributed by atoms with Crippen LogP contribution in [0, 0.1) is 0 Å². The van der Waals surface area contributed by atoms with Crippen LogP contribution in [0.1, 0.15) is 13.3 Å². The monoisotopic (exact) mass is 175 g/mol. The molecule has 0 bridgehead atoms. The Labute approximate surface area is 68.2 Å². The molecule has 0 unspecified atom stereocenters. The summed E-state index contributed by atoms with van der Waals surface area (Å²) >= 11 is 0. The second kappa shape index (κ2) is 4.32. The topological polar surface area (TPSA) is 104 Å². The zero-order chi connectivity index (χ0) is 9.72. The highest BCUT2D eigenvalue weighted by atomic mass is 16.4. The van der Waals surface area contributed by atoms with Gasteiger partial charge in [0.15, 0.2) is 0 Å². The first-order chi connectivity index (χ1) is 5.43. The Bertz CT molecular complexity index is 212. The highest BCUT2D eigenvalue weighted by Crippen LogP contribution is 1.84. The van der Waals surface area contributed by atoms with Crippen molar-refractivity contribution in [2.24, 2.45) is 0 Å². The van der Waals surface area contributed by atoms with Crippen molar-refractivity contribution in [2.45, 2.75) is 19.4 Å². The molecule has 3 N–H and O–H groups in total. The van der Waals surface area contributed by atoms with Gasteiger partial charge >= 0.3 is 11.9 Å². The molecule has 0 aromatic rings. The van der Waals surface area contributed by atoms with E-state index in [1.807, 2.05) is 5.32 Å². The third-order valence-electron chi connectivity index (χ3n) is 1.06. The van der Waals surface area contributed by atoms with E-state index in [2.05, 4.69) is 0 Å². The van der Waals surface area contributed by atoms with Crippen molar-refractivity contribution in [2.75, 3.05) is 0 Å². The summed E-state index contributed by atoms with van der Waals surface area (Å²) in [6.07, 6.45) is -0.711. The highest BCUT2D eigenvalue weighted by molar-refractivity contribution is 5.95. The van der Waals surface area contributed by atoms with Gasteiger partial charge in [-0.2, -0.15) is 0 Å². The summed E-state index contributed by atoms with van der Waals surface area (Å²) in [7, 11) is 0. The molecule has 0 saturated carbocycles. The minimum Gasteiger partial charge on any atom is -0.481 e. The van der Waals surface area contributed by atoms with E-state index in [4.69, 9.17) is 10.2 Å². The average molecular weight is 175 g/mol. The van der Waals surface area contributed by atoms with Crippen LogP contribution in [-0.4, -0.2) is 34.1 Å². The normalized spacial score (nSPS) is 11.8. The molecule has 0 aliphatic heterocycles. The highest BCUT2D eigenvalue weighted by Gasteiger charge is 2.15. The molecule has 0 heterocycles. The van der Waals surface area contributed by atoms with Gasteiger partial charge in [0.1, 0.15) is 12.5 Å². The standard InChI is InChI=1S/C6H9NO5/c1-3(6(11)12)7-4(8)2-5(9)10/h3H,2H2,1H3,(H,7,8)(H,9,10)(H,11,12)/t3-/m1/s1. The molecule has 6 heteroatoms. The number of carbonyl (C=O) groups is 3. The maximum Gasteiger partial charge on any atom is 0.325 e. The van der Waals surface area contributed by atoms with Gasteiger partial charge < -0.3 is 15.5 Å². The third-order valence-corrected chi connectivity index (χ3v) is 1.06. The molecule has 0 spiro atoms. The zero-order valence-electron chi connectivity index (χ0n) is 6.40. The molecule has 1 amide bonds. The third kappa shape index (κ3) is 4.26. The number of hydrogen-bond acceptors (Lipinski definition) is 3. The van der Waals surface area contributed by atoms with Crippen LogP contribution < -0.4 is 5.32 Å². The first kappa shape index (κ1) is 10.4. The fourth-order valence-corrected chi connectivity index (χ4v) is 0.492. The molecule has 1 atom stereocenters. The largest absolute Gasteiger partial charge is 0.481 e. The Morgan fingerprint density at radius 2 is 1.83 bits per heavy atom. The summed E-state index contributed by atoms with van der Waals surface area (Å²) in [5.41, 5.74) is 0. The van der Waals surface area contributed by atoms with Crippen LogP contribution in [0.2, 0.25) is 0 Å². The van der Waals surface area contributed by atoms with Gasteiger partial charge in [-0.15, -0.1) is 0 Å². The minimum atomic E-state index is -1.29. The number of carboxylic acid groups (broad SMARTS) is 2. The van der Waals surface area contributed by atoms with Crippen molar-refractivity contribution in [3.8, 4) is 0 Å². The van der Waals surface area contributed by atoms with E-state index in [1.165, 1.54) is 6.92 Å². The first-order valence-electron chi connectivity index (χ1n) is 3.17. The fourth-order valence-electron chi connectivity index (χ4n) is 0.492. The van der Waals surface area contributed by atoms with E-state index in [0.717, 1.165) is 0 Å². The molecule has 12 heavy (non-hydrogen) atoms. The number of nitrogens with one attached hydrogen (secondary N) is 1. The molecule has 0 fully saturated rings. The van der Waals surface area contributed by atoms with Crippen molar-refractivity contribution in [3.63, 3.8) is 0 Å². The molecule has 0 aliphatic rings. The number of rotatable bonds is 4. The van der Waals surface area contributed by atoms with E-state index in [1.54, 1.807) is 0 Å². The second-order valence-corrected chi connectivity index (χ2v) is 2.20. The van der Waals surface area contributed by atoms with Crippen LogP contribution in [0.5, 0.6) is 0 Å². The quantitative estimate of drug-likeness (QED) is 0.478. The van der Waals surface area contributed by atoms with Gasteiger partial charge in [0, 0.05) is 0 Å². The van der Waals surface area contributed by atoms with Crippen molar-refractivity contribution in [1.82, 2.24) is 5.32 Å². The number of aliphatic carboxylic acids is 2. The van der Waals surface area contributed by atoms with Crippen LogP contribution in [0.25, 0.3) is 0 Å². The molecular formula is C6H9NO5. The molecule has 0 rings (SSSR count). The number of hydrogen-bond donors (Lipinski definition) is 3. The van der Waals surface area contributed by atoms with Gasteiger partial charge in [-0.25, -0.2) is 0 Å². The van der Waals surface area contributed by atoms with Gasteiger partial charge in [-0.05, 0) is 6.92 Å². The molecule has 0 radical (unpaired) electrons. The summed E-state index contributed by atoms with van der Waals surface area (Å²) in [5.74, 6) is -3.30. The minimum absolute atomic E-state index is 0.711. The van der Waals surface area contributed by atoms with E-state index in [9.17, 15) is 14.4 Å². The van der Waals surface area contributed by atoms with E-state index >= 15 is 0 Å². The first-order valence-corrected chi connectivity index (χ1v) is 3.17. The van der Waals surface area contributed by atoms with Gasteiger partial charge in [0.25, 0.3) is 0 Å². The number of carboxylic acids is 2. The predicted octanol–water partition coefficient (Wildman–Crippen LogP) is -0.950. The lowest BCUT2D eigenvalue weighted by Crippen LogP contribution is -2.39. The number of amides is 1. The fraction of sp³-hybridized carbons (Fsp3) is 0.500. The summed E-state index contributed by atoms with van der Waals surface area (Å²) in [5, 5.41) is 18.4.